The average molecular weight is 229 g/mol. The second-order valence-corrected chi connectivity index (χ2v) is 6.70. The van der Waals surface area contributed by atoms with Gasteiger partial charge in [0, 0.05) is 0 Å². The van der Waals surface area contributed by atoms with Crippen molar-refractivity contribution in [2.24, 2.45) is 11.3 Å². The summed E-state index contributed by atoms with van der Waals surface area (Å²) in [6, 6.07) is 0. The van der Waals surface area contributed by atoms with Crippen LogP contribution in [0.5, 0.6) is 0 Å². The van der Waals surface area contributed by atoms with Crippen molar-refractivity contribution < 1.29 is 5.11 Å². The van der Waals surface area contributed by atoms with Crippen LogP contribution >= 0.6 is 0 Å². The monoisotopic (exact) mass is 229 g/mol. The van der Waals surface area contributed by atoms with Crippen molar-refractivity contribution in [3.8, 4) is 0 Å². The molecule has 1 N–H and O–H groups in total. The standard InChI is InChI=1S/C14H31NO/c1-12(11-14(2,3)4)10-13(16)8-7-9-15(5)6/h12-13,16H,7-11H2,1-6H3/t12-,13-/m1/s1. The Balaban J connectivity index is 3.66. The van der Waals surface area contributed by atoms with E-state index in [1.807, 2.05) is 0 Å². The Kier molecular flexibility index (Phi) is 7.25. The summed E-state index contributed by atoms with van der Waals surface area (Å²) in [6.45, 7) is 10.1. The maximum atomic E-state index is 9.91. The van der Waals surface area contributed by atoms with Gasteiger partial charge in [-0.3, -0.25) is 0 Å². The summed E-state index contributed by atoms with van der Waals surface area (Å²) in [5.74, 6) is 0.620. The van der Waals surface area contributed by atoms with E-state index in [1.54, 1.807) is 0 Å². The molecule has 0 aliphatic carbocycles. The third-order valence-electron chi connectivity index (χ3n) is 2.78. The molecule has 0 spiro atoms. The molecule has 98 valence electrons. The van der Waals surface area contributed by atoms with Crippen molar-refractivity contribution in [3.63, 3.8) is 0 Å². The van der Waals surface area contributed by atoms with Gasteiger partial charge in [-0.1, -0.05) is 27.7 Å². The zero-order chi connectivity index (χ0) is 12.8. The van der Waals surface area contributed by atoms with Gasteiger partial charge in [-0.25, -0.2) is 0 Å². The molecule has 0 aliphatic heterocycles. The Hall–Kier alpha value is -0.0800. The lowest BCUT2D eigenvalue weighted by molar-refractivity contribution is 0.120. The SMILES string of the molecule is C[C@H](C[C@H](O)CCCN(C)C)CC(C)(C)C. The van der Waals surface area contributed by atoms with Gasteiger partial charge >= 0.3 is 0 Å². The predicted molar refractivity (Wildman–Crippen MR) is 71.6 cm³/mol. The lowest BCUT2D eigenvalue weighted by Crippen LogP contribution is -2.19. The van der Waals surface area contributed by atoms with Gasteiger partial charge in [0.25, 0.3) is 0 Å². The molecule has 2 nitrogen and oxygen atoms in total. The first-order valence-corrected chi connectivity index (χ1v) is 6.53. The third kappa shape index (κ3) is 10.4. The molecule has 0 aromatic rings. The van der Waals surface area contributed by atoms with Crippen molar-refractivity contribution in [3.05, 3.63) is 0 Å². The molecule has 0 saturated heterocycles. The molecule has 0 saturated carbocycles. The van der Waals surface area contributed by atoms with Gasteiger partial charge in [-0.2, -0.15) is 0 Å². The highest BCUT2D eigenvalue weighted by atomic mass is 16.3. The van der Waals surface area contributed by atoms with Crippen LogP contribution in [0.3, 0.4) is 0 Å². The number of rotatable bonds is 7. The topological polar surface area (TPSA) is 23.5 Å². The molecular formula is C14H31NO. The Labute approximate surface area is 102 Å². The lowest BCUT2D eigenvalue weighted by Gasteiger charge is -2.25. The van der Waals surface area contributed by atoms with Crippen LogP contribution in [0.25, 0.3) is 0 Å². The first kappa shape index (κ1) is 15.9. The minimum Gasteiger partial charge on any atom is -0.393 e. The average Bonchev–Trinajstić information content (AvgIpc) is 1.98. The second-order valence-electron chi connectivity index (χ2n) is 6.70. The lowest BCUT2D eigenvalue weighted by atomic mass is 9.83. The van der Waals surface area contributed by atoms with Gasteiger partial charge < -0.3 is 10.0 Å². The largest absolute Gasteiger partial charge is 0.393 e. The summed E-state index contributed by atoms with van der Waals surface area (Å²) >= 11 is 0. The van der Waals surface area contributed by atoms with E-state index < -0.39 is 0 Å². The molecule has 2 atom stereocenters. The number of nitrogens with zero attached hydrogens (tertiary/aromatic N) is 1. The molecule has 16 heavy (non-hydrogen) atoms. The van der Waals surface area contributed by atoms with Gasteiger partial charge in [0.2, 0.25) is 0 Å². The molecular weight excluding hydrogens is 198 g/mol. The van der Waals surface area contributed by atoms with Crippen LogP contribution in [0.4, 0.5) is 0 Å². The fourth-order valence-corrected chi connectivity index (χ4v) is 2.35. The molecule has 0 unspecified atom stereocenters. The predicted octanol–water partition coefficient (Wildman–Crippen LogP) is 3.15. The Morgan fingerprint density at radius 3 is 2.19 bits per heavy atom. The molecule has 2 heteroatoms. The van der Waals surface area contributed by atoms with Gasteiger partial charge in [-0.05, 0) is 57.7 Å². The summed E-state index contributed by atoms with van der Waals surface area (Å²) in [7, 11) is 4.16. The Morgan fingerprint density at radius 1 is 1.19 bits per heavy atom. The summed E-state index contributed by atoms with van der Waals surface area (Å²) in [5.41, 5.74) is 0.378. The van der Waals surface area contributed by atoms with Gasteiger partial charge in [0.15, 0.2) is 0 Å². The van der Waals surface area contributed by atoms with Crippen molar-refractivity contribution in [2.75, 3.05) is 20.6 Å². The maximum Gasteiger partial charge on any atom is 0.0543 e. The van der Waals surface area contributed by atoms with Gasteiger partial charge in [0.1, 0.15) is 0 Å². The molecule has 0 radical (unpaired) electrons. The molecule has 0 heterocycles. The minimum absolute atomic E-state index is 0.114. The number of aliphatic hydroxyl groups excluding tert-OH is 1. The second kappa shape index (κ2) is 7.29. The highest BCUT2D eigenvalue weighted by molar-refractivity contribution is 4.69. The fourth-order valence-electron chi connectivity index (χ4n) is 2.35. The summed E-state index contributed by atoms with van der Waals surface area (Å²) in [6.07, 6.45) is 4.06. The molecule has 0 aromatic carbocycles. The van der Waals surface area contributed by atoms with Crippen LogP contribution in [0.2, 0.25) is 0 Å². The molecule has 0 aromatic heterocycles. The van der Waals surface area contributed by atoms with E-state index in [4.69, 9.17) is 0 Å². The molecule has 0 rings (SSSR count). The van der Waals surface area contributed by atoms with E-state index in [-0.39, 0.29) is 6.10 Å². The summed E-state index contributed by atoms with van der Waals surface area (Å²) in [5, 5.41) is 9.91. The summed E-state index contributed by atoms with van der Waals surface area (Å²) < 4.78 is 0. The summed E-state index contributed by atoms with van der Waals surface area (Å²) in [4.78, 5) is 2.17. The van der Waals surface area contributed by atoms with Crippen LogP contribution < -0.4 is 0 Å². The fraction of sp³-hybridized carbons (Fsp3) is 1.00. The van der Waals surface area contributed by atoms with Crippen molar-refractivity contribution in [1.82, 2.24) is 4.90 Å². The zero-order valence-corrected chi connectivity index (χ0v) is 12.1. The number of aliphatic hydroxyl groups is 1. The molecule has 0 aliphatic rings. The molecule has 0 fully saturated rings. The van der Waals surface area contributed by atoms with Gasteiger partial charge in [-0.15, -0.1) is 0 Å². The Bertz CT molecular complexity index is 172. The number of hydrogen-bond donors (Lipinski definition) is 1. The van der Waals surface area contributed by atoms with Crippen LogP contribution in [0.1, 0.15) is 53.4 Å². The van der Waals surface area contributed by atoms with Crippen molar-refractivity contribution in [1.29, 1.82) is 0 Å². The molecule has 0 amide bonds. The van der Waals surface area contributed by atoms with E-state index in [9.17, 15) is 5.11 Å². The molecule has 0 bridgehead atoms. The van der Waals surface area contributed by atoms with Crippen LogP contribution in [-0.2, 0) is 0 Å². The first-order valence-electron chi connectivity index (χ1n) is 6.53. The Morgan fingerprint density at radius 2 is 1.75 bits per heavy atom. The van der Waals surface area contributed by atoms with E-state index in [2.05, 4.69) is 46.7 Å². The highest BCUT2D eigenvalue weighted by Crippen LogP contribution is 2.27. The van der Waals surface area contributed by atoms with Gasteiger partial charge in [0.05, 0.1) is 6.10 Å². The minimum atomic E-state index is -0.114. The van der Waals surface area contributed by atoms with E-state index in [1.165, 1.54) is 6.42 Å². The first-order chi connectivity index (χ1) is 7.20. The van der Waals surface area contributed by atoms with E-state index in [0.29, 0.717) is 11.3 Å². The zero-order valence-electron chi connectivity index (χ0n) is 12.1. The number of hydrogen-bond acceptors (Lipinski definition) is 2. The third-order valence-corrected chi connectivity index (χ3v) is 2.78. The van der Waals surface area contributed by atoms with Crippen molar-refractivity contribution >= 4 is 0 Å². The van der Waals surface area contributed by atoms with Crippen LogP contribution in [0, 0.1) is 11.3 Å². The normalized spacial score (nSPS) is 16.5. The van der Waals surface area contributed by atoms with Crippen LogP contribution in [-0.4, -0.2) is 36.8 Å². The maximum absolute atomic E-state index is 9.91. The van der Waals surface area contributed by atoms with Crippen LogP contribution in [0.15, 0.2) is 0 Å². The quantitative estimate of drug-likeness (QED) is 0.725. The van der Waals surface area contributed by atoms with E-state index >= 15 is 0 Å². The highest BCUT2D eigenvalue weighted by Gasteiger charge is 2.17. The smallest absolute Gasteiger partial charge is 0.0543 e. The van der Waals surface area contributed by atoms with E-state index in [0.717, 1.165) is 25.8 Å². The van der Waals surface area contributed by atoms with Crippen molar-refractivity contribution in [2.45, 2.75) is 59.5 Å².